The molecule has 0 saturated heterocycles. The van der Waals surface area contributed by atoms with Crippen LogP contribution in [0.1, 0.15) is 330 Å². The summed E-state index contributed by atoms with van der Waals surface area (Å²) in [6.07, 6.45) is 40.1. The predicted octanol–water partition coefficient (Wildman–Crippen LogP) is 32.0. The summed E-state index contributed by atoms with van der Waals surface area (Å²) in [5.41, 5.74) is 13.6. The summed E-state index contributed by atoms with van der Waals surface area (Å²) in [7, 11) is 0. The molecule has 0 spiro atoms. The van der Waals surface area contributed by atoms with Gasteiger partial charge in [-0.25, -0.2) is 0 Å². The lowest BCUT2D eigenvalue weighted by Gasteiger charge is -2.29. The molecule has 14 heteroatoms. The van der Waals surface area contributed by atoms with Gasteiger partial charge in [0.25, 0.3) is 23.6 Å². The molecule has 120 heavy (non-hydrogen) atoms. The molecular weight excluding hydrogens is 1590 g/mol. The zero-order chi connectivity index (χ0) is 84.3. The zero-order valence-electron chi connectivity index (χ0n) is 74.9. The third-order valence-corrected chi connectivity index (χ3v) is 33.7. The van der Waals surface area contributed by atoms with Crippen molar-refractivity contribution in [1.82, 2.24) is 19.6 Å². The topological polar surface area (TPSA) is 81.2 Å². The second kappa shape index (κ2) is 44.2. The highest BCUT2D eigenvalue weighted by Gasteiger charge is 2.52. The largest absolute Gasteiger partial charge is 0.306 e. The third kappa shape index (κ3) is 20.4. The Bertz CT molecular complexity index is 4710. The number of thiophene rings is 6. The quantitative estimate of drug-likeness (QED) is 0.0356. The summed E-state index contributed by atoms with van der Waals surface area (Å²) < 4.78 is 2.77. The van der Waals surface area contributed by atoms with Crippen molar-refractivity contribution >= 4 is 135 Å². The van der Waals surface area contributed by atoms with Crippen molar-refractivity contribution in [1.29, 1.82) is 0 Å². The van der Waals surface area contributed by atoms with Gasteiger partial charge in [-0.05, 0) is 206 Å². The molecule has 0 N–H and O–H groups in total. The van der Waals surface area contributed by atoms with Crippen molar-refractivity contribution in [3.63, 3.8) is 0 Å². The molecule has 8 nitrogen and oxygen atoms in total. The lowest BCUT2D eigenvalue weighted by Crippen LogP contribution is -2.34. The minimum absolute atomic E-state index is 0.0286. The fourth-order valence-electron chi connectivity index (χ4n) is 19.0. The minimum Gasteiger partial charge on any atom is -0.306 e. The van der Waals surface area contributed by atoms with Crippen LogP contribution in [0, 0.1) is 23.7 Å². The summed E-state index contributed by atoms with van der Waals surface area (Å²) in [5.74, 6) is 1.07. The van der Waals surface area contributed by atoms with Crippen molar-refractivity contribution in [2.75, 3.05) is 26.2 Å². The van der Waals surface area contributed by atoms with Gasteiger partial charge in [0.15, 0.2) is 0 Å². The fraction of sp³-hybridized carbons (Fsp3) is 0.528. The highest BCUT2D eigenvalue weighted by molar-refractivity contribution is 7.28. The second-order valence-electron chi connectivity index (χ2n) is 35.2. The molecule has 4 unspecified atom stereocenters. The maximum atomic E-state index is 16.1. The van der Waals surface area contributed by atoms with Gasteiger partial charge in [-0.15, -0.1) is 68.0 Å². The molecule has 4 atom stereocenters. The molecule has 6 aromatic heterocycles. The van der Waals surface area contributed by atoms with E-state index in [9.17, 15) is 0 Å². The Labute approximate surface area is 745 Å². The van der Waals surface area contributed by atoms with E-state index >= 15 is 19.2 Å². The first-order valence-electron chi connectivity index (χ1n) is 47.6. The number of aryl methyl sites for hydroxylation is 4. The molecular formula is C106H138N4O4S6. The van der Waals surface area contributed by atoms with Crippen molar-refractivity contribution in [2.45, 2.75) is 314 Å². The normalized spacial score (nSPS) is 15.6. The van der Waals surface area contributed by atoms with Crippen molar-refractivity contribution in [3.05, 3.63) is 173 Å². The van der Waals surface area contributed by atoms with E-state index in [0.717, 1.165) is 193 Å². The lowest BCUT2D eigenvalue weighted by atomic mass is 9.95. The van der Waals surface area contributed by atoms with E-state index in [-0.39, 0.29) is 35.5 Å². The molecule has 9 aromatic rings. The predicted molar refractivity (Wildman–Crippen MR) is 522 cm³/mol. The van der Waals surface area contributed by atoms with Gasteiger partial charge in [-0.3, -0.25) is 19.2 Å². The maximum absolute atomic E-state index is 16.1. The number of carbonyl (C=O) groups is 4. The Kier molecular flexibility index (Phi) is 33.5. The monoisotopic (exact) mass is 1720 g/mol. The molecule has 3 aromatic carbocycles. The Morgan fingerprint density at radius 2 is 0.500 bits per heavy atom. The van der Waals surface area contributed by atoms with Gasteiger partial charge >= 0.3 is 0 Å². The van der Waals surface area contributed by atoms with E-state index in [1.165, 1.54) is 163 Å². The molecule has 0 fully saturated rings. The summed E-state index contributed by atoms with van der Waals surface area (Å²) in [6.45, 7) is 29.6. The number of amides is 4. The molecule has 4 aliphatic rings. The fourth-order valence-corrected chi connectivity index (χ4v) is 25.9. The molecule has 4 aliphatic heterocycles. The van der Waals surface area contributed by atoms with E-state index in [1.54, 1.807) is 45.3 Å². The highest BCUT2D eigenvalue weighted by Crippen LogP contribution is 2.56. The Balaban J connectivity index is 0.917. The van der Waals surface area contributed by atoms with Crippen LogP contribution < -0.4 is 0 Å². The number of nitrogens with zero attached hydrogens (tertiary/aromatic N) is 4. The van der Waals surface area contributed by atoms with Gasteiger partial charge in [0.05, 0.1) is 64.6 Å². The van der Waals surface area contributed by atoms with E-state index < -0.39 is 0 Å². The van der Waals surface area contributed by atoms with Crippen LogP contribution >= 0.6 is 68.0 Å². The lowest BCUT2D eigenvalue weighted by molar-refractivity contribution is -0.124. The number of hydrogen-bond donors (Lipinski definition) is 0. The Morgan fingerprint density at radius 1 is 0.250 bits per heavy atom. The SMILES string of the molecule is CCCCCCc1ccc(-c2ccc(C3=C4C(=O)N(CC(CC)CCCC)C(c5ccc(-c6cc7c(CCCCCC)c8sc(-c9ccc(C%10=C%11C(=O)N(CC(CC)CCCC)C(c%12ccc(-c%13ccc(CCCCCC)cc%13)s%12)=C%11C(=O)N%10CC(CC)CCCC)s9)cc8c(CCCCCC)c7s6)s5)=C4C(=O)N3CC(CC)CCCC)s2)cc1. The van der Waals surface area contributed by atoms with E-state index in [2.05, 4.69) is 202 Å². The summed E-state index contributed by atoms with van der Waals surface area (Å²) in [4.78, 5) is 83.7. The number of rotatable bonds is 52. The van der Waals surface area contributed by atoms with Crippen LogP contribution in [0.4, 0.5) is 0 Å². The number of carbonyl (C=O) groups excluding carboxylic acids is 4. The van der Waals surface area contributed by atoms with Gasteiger partial charge in [-0.2, -0.15) is 0 Å². The molecule has 0 bridgehead atoms. The first-order chi connectivity index (χ1) is 58.7. The number of hydrogen-bond acceptors (Lipinski definition) is 10. The van der Waals surface area contributed by atoms with Crippen LogP contribution in [0.3, 0.4) is 0 Å². The first-order valence-corrected chi connectivity index (χ1v) is 52.5. The molecule has 0 aliphatic carbocycles. The van der Waals surface area contributed by atoms with Gasteiger partial charge in [-0.1, -0.05) is 286 Å². The molecule has 13 rings (SSSR count). The summed E-state index contributed by atoms with van der Waals surface area (Å²) >= 11 is 10.9. The Hall–Kier alpha value is -6.78. The number of benzene rings is 3. The standard InChI is InChI=1S/C106H138N4O4S6/c1-13-25-33-37-45-75-49-53-77(54-50-75)83-57-61-87(115-83)97-93-95(105(113)107(97)67-71(21-9)41-29-17-5)99(109(103(93)111)69-73(23-11)43-31-19-7)89-63-59-85(117-89)91-65-81-79(47-39-35-27-15-3)102-82(80(101(81)119-91)48-40-36-28-16-4)66-92(120-102)86-60-64-90(118-86)100-96-94(104(112)110(100)70-74(24-12)44-32-20-8)98(108(106(96)114)68-72(22-10)42-30-18-6)88-62-58-84(116-88)78-55-51-76(52-56-78)46-38-34-26-14-2/h49-66,71-74H,13-48,67-70H2,1-12H3. The average Bonchev–Trinajstić information content (AvgIpc) is 1.56. The number of fused-ring (bicyclic) bond motifs is 4. The van der Waals surface area contributed by atoms with E-state index in [1.807, 2.05) is 32.5 Å². The number of unbranched alkanes of at least 4 members (excludes halogenated alkanes) is 16. The van der Waals surface area contributed by atoms with Crippen LogP contribution in [0.5, 0.6) is 0 Å². The third-order valence-electron chi connectivity index (χ3n) is 26.5. The van der Waals surface area contributed by atoms with Crippen LogP contribution in [0.15, 0.2) is 131 Å². The summed E-state index contributed by atoms with van der Waals surface area (Å²) in [6, 6.07) is 41.2. The van der Waals surface area contributed by atoms with Crippen molar-refractivity contribution < 1.29 is 19.2 Å². The van der Waals surface area contributed by atoms with Gasteiger partial charge in [0.2, 0.25) is 0 Å². The maximum Gasteiger partial charge on any atom is 0.261 e. The first kappa shape index (κ1) is 90.9. The van der Waals surface area contributed by atoms with Gasteiger partial charge < -0.3 is 19.6 Å². The molecule has 0 saturated carbocycles. The van der Waals surface area contributed by atoms with Crippen LogP contribution in [-0.2, 0) is 44.9 Å². The minimum atomic E-state index is -0.0286. The molecule has 0 radical (unpaired) electrons. The van der Waals surface area contributed by atoms with E-state index in [4.69, 9.17) is 0 Å². The highest BCUT2D eigenvalue weighted by atomic mass is 32.1. The smallest absolute Gasteiger partial charge is 0.261 e. The Morgan fingerprint density at radius 3 is 0.767 bits per heavy atom. The summed E-state index contributed by atoms with van der Waals surface area (Å²) in [5, 5.41) is 2.73. The van der Waals surface area contributed by atoms with E-state index in [0.29, 0.717) is 60.3 Å². The molecule has 642 valence electrons. The zero-order valence-corrected chi connectivity index (χ0v) is 79.8. The van der Waals surface area contributed by atoms with Crippen molar-refractivity contribution in [2.24, 2.45) is 23.7 Å². The van der Waals surface area contributed by atoms with Crippen molar-refractivity contribution in [3.8, 4) is 40.4 Å². The van der Waals surface area contributed by atoms with Gasteiger partial charge in [0, 0.05) is 64.8 Å². The molecule has 10 heterocycles. The van der Waals surface area contributed by atoms with Crippen LogP contribution in [-0.4, -0.2) is 69.4 Å². The average molecular weight is 1720 g/mol. The van der Waals surface area contributed by atoms with Crippen LogP contribution in [0.2, 0.25) is 0 Å². The van der Waals surface area contributed by atoms with Crippen LogP contribution in [0.25, 0.3) is 83.4 Å². The van der Waals surface area contributed by atoms with Gasteiger partial charge in [0.1, 0.15) is 0 Å². The second-order valence-corrected chi connectivity index (χ2v) is 41.6. The molecule has 4 amide bonds.